The molecule has 0 aliphatic rings. The number of benzene rings is 3. The summed E-state index contributed by atoms with van der Waals surface area (Å²) in [7, 11) is -2.66. The summed E-state index contributed by atoms with van der Waals surface area (Å²) in [5, 5.41) is 3.40. The Kier molecular flexibility index (Phi) is 10.4. The Morgan fingerprint density at radius 2 is 1.64 bits per heavy atom. The zero-order chi connectivity index (χ0) is 28.6. The minimum absolute atomic E-state index is 0.00362. The third-order valence-corrected chi connectivity index (χ3v) is 8.40. The highest BCUT2D eigenvalue weighted by atomic mass is 35.5. The molecule has 2 atom stereocenters. The molecule has 0 unspecified atom stereocenters. The van der Waals surface area contributed by atoms with Crippen molar-refractivity contribution >= 4 is 39.1 Å². The second-order valence-electron chi connectivity index (χ2n) is 9.17. The van der Waals surface area contributed by atoms with Gasteiger partial charge in [0, 0.05) is 17.6 Å². The normalized spacial score (nSPS) is 12.7. The monoisotopic (exact) mass is 571 g/mol. The molecule has 10 heteroatoms. The number of ether oxygens (including phenoxy) is 1. The van der Waals surface area contributed by atoms with Crippen molar-refractivity contribution in [2.24, 2.45) is 0 Å². The zero-order valence-electron chi connectivity index (χ0n) is 22.5. The Labute approximate surface area is 235 Å². The van der Waals surface area contributed by atoms with E-state index in [1.165, 1.54) is 24.1 Å². The van der Waals surface area contributed by atoms with Gasteiger partial charge in [0.15, 0.2) is 0 Å². The summed E-state index contributed by atoms with van der Waals surface area (Å²) in [5.41, 5.74) is 1.03. The number of anilines is 1. The lowest BCUT2D eigenvalue weighted by Gasteiger charge is -2.32. The number of sulfonamides is 1. The van der Waals surface area contributed by atoms with E-state index in [2.05, 4.69) is 5.32 Å². The quantitative estimate of drug-likeness (QED) is 0.334. The van der Waals surface area contributed by atoms with Gasteiger partial charge in [-0.25, -0.2) is 8.42 Å². The van der Waals surface area contributed by atoms with Crippen molar-refractivity contribution in [2.75, 3.05) is 18.0 Å². The van der Waals surface area contributed by atoms with Crippen LogP contribution >= 0.6 is 11.6 Å². The maximum atomic E-state index is 13.9. The summed E-state index contributed by atoms with van der Waals surface area (Å²) in [6.07, 6.45) is 0.725. The number of hydrogen-bond acceptors (Lipinski definition) is 5. The highest BCUT2D eigenvalue weighted by Crippen LogP contribution is 2.26. The molecule has 39 heavy (non-hydrogen) atoms. The number of hydrogen-bond donors (Lipinski definition) is 1. The van der Waals surface area contributed by atoms with Crippen LogP contribution in [0.3, 0.4) is 0 Å². The van der Waals surface area contributed by atoms with E-state index in [0.717, 1.165) is 10.7 Å². The van der Waals surface area contributed by atoms with Gasteiger partial charge in [-0.1, -0.05) is 48.9 Å². The summed E-state index contributed by atoms with van der Waals surface area (Å²) in [6.45, 7) is 5.02. The van der Waals surface area contributed by atoms with Crippen molar-refractivity contribution in [3.05, 3.63) is 89.4 Å². The highest BCUT2D eigenvalue weighted by Gasteiger charge is 2.32. The van der Waals surface area contributed by atoms with E-state index in [1.807, 2.05) is 13.8 Å². The minimum Gasteiger partial charge on any atom is -0.497 e. The van der Waals surface area contributed by atoms with Crippen molar-refractivity contribution in [1.82, 2.24) is 10.2 Å². The molecule has 0 heterocycles. The Morgan fingerprint density at radius 1 is 0.974 bits per heavy atom. The van der Waals surface area contributed by atoms with Crippen molar-refractivity contribution in [3.63, 3.8) is 0 Å². The van der Waals surface area contributed by atoms with Crippen LogP contribution in [0.5, 0.6) is 5.75 Å². The van der Waals surface area contributed by atoms with Gasteiger partial charge >= 0.3 is 0 Å². The third-order valence-electron chi connectivity index (χ3n) is 6.38. The molecule has 0 radical (unpaired) electrons. The molecule has 208 valence electrons. The predicted octanol–water partition coefficient (Wildman–Crippen LogP) is 4.88. The van der Waals surface area contributed by atoms with Gasteiger partial charge in [0.1, 0.15) is 18.3 Å². The largest absolute Gasteiger partial charge is 0.497 e. The molecule has 0 aromatic heterocycles. The Morgan fingerprint density at radius 3 is 2.23 bits per heavy atom. The molecule has 1 N–H and O–H groups in total. The van der Waals surface area contributed by atoms with E-state index in [4.69, 9.17) is 16.3 Å². The van der Waals surface area contributed by atoms with E-state index in [0.29, 0.717) is 22.0 Å². The minimum atomic E-state index is -4.15. The molecule has 3 rings (SSSR count). The first kappa shape index (κ1) is 30.0. The fourth-order valence-corrected chi connectivity index (χ4v) is 5.51. The Hall–Kier alpha value is -3.56. The summed E-state index contributed by atoms with van der Waals surface area (Å²) in [5.74, 6) is -0.364. The molecular formula is C29H34ClN3O5S. The number of para-hydroxylation sites is 1. The van der Waals surface area contributed by atoms with E-state index < -0.39 is 28.5 Å². The molecule has 0 saturated heterocycles. The first-order valence-electron chi connectivity index (χ1n) is 12.6. The average molecular weight is 572 g/mol. The molecule has 0 fully saturated rings. The van der Waals surface area contributed by atoms with Crippen LogP contribution in [-0.2, 0) is 26.2 Å². The van der Waals surface area contributed by atoms with Gasteiger partial charge in [-0.3, -0.25) is 13.9 Å². The van der Waals surface area contributed by atoms with Gasteiger partial charge in [-0.05, 0) is 74.4 Å². The maximum absolute atomic E-state index is 13.9. The summed E-state index contributed by atoms with van der Waals surface area (Å²) >= 11 is 6.17. The topological polar surface area (TPSA) is 96.0 Å². The van der Waals surface area contributed by atoms with Crippen LogP contribution in [-0.4, -0.2) is 50.9 Å². The predicted molar refractivity (Wildman–Crippen MR) is 153 cm³/mol. The molecule has 3 aromatic carbocycles. The molecule has 2 amide bonds. The van der Waals surface area contributed by atoms with E-state index >= 15 is 0 Å². The molecular weight excluding hydrogens is 538 g/mol. The number of nitrogens with zero attached hydrogens (tertiary/aromatic N) is 2. The Balaban J connectivity index is 2.00. The second kappa shape index (κ2) is 13.5. The highest BCUT2D eigenvalue weighted by molar-refractivity contribution is 7.92. The molecule has 0 aliphatic carbocycles. The van der Waals surface area contributed by atoms with Gasteiger partial charge in [0.05, 0.1) is 17.7 Å². The van der Waals surface area contributed by atoms with Gasteiger partial charge in [0.2, 0.25) is 11.8 Å². The van der Waals surface area contributed by atoms with Crippen molar-refractivity contribution < 1.29 is 22.7 Å². The van der Waals surface area contributed by atoms with Crippen molar-refractivity contribution in [1.29, 1.82) is 0 Å². The van der Waals surface area contributed by atoms with E-state index in [1.54, 1.807) is 73.7 Å². The number of methoxy groups -OCH3 is 1. The van der Waals surface area contributed by atoms with Gasteiger partial charge in [0.25, 0.3) is 10.0 Å². The molecule has 3 aromatic rings. The lowest BCUT2D eigenvalue weighted by Crippen LogP contribution is -2.52. The zero-order valence-corrected chi connectivity index (χ0v) is 24.1. The van der Waals surface area contributed by atoms with Gasteiger partial charge in [-0.15, -0.1) is 0 Å². The summed E-state index contributed by atoms with van der Waals surface area (Å²) < 4.78 is 33.8. The third kappa shape index (κ3) is 7.74. The van der Waals surface area contributed by atoms with E-state index in [-0.39, 0.29) is 23.4 Å². The van der Waals surface area contributed by atoms with Crippen molar-refractivity contribution in [2.45, 2.75) is 50.7 Å². The first-order chi connectivity index (χ1) is 18.6. The lowest BCUT2D eigenvalue weighted by atomic mass is 10.1. The molecule has 8 nitrogen and oxygen atoms in total. The van der Waals surface area contributed by atoms with Crippen LogP contribution in [0, 0.1) is 0 Å². The molecule has 0 saturated carbocycles. The van der Waals surface area contributed by atoms with Gasteiger partial charge < -0.3 is 15.0 Å². The van der Waals surface area contributed by atoms with Gasteiger partial charge in [-0.2, -0.15) is 0 Å². The number of carbonyl (C=O) groups is 2. The smallest absolute Gasteiger partial charge is 0.264 e. The number of carbonyl (C=O) groups excluding carboxylic acids is 2. The SMILES string of the molecule is CC[C@@H](C)NC(=O)[C@@H](C)N(Cc1cccc(Cl)c1)C(=O)CN(c1ccccc1)S(=O)(=O)c1ccc(OC)cc1. The average Bonchev–Trinajstić information content (AvgIpc) is 2.94. The van der Waals surface area contributed by atoms with Crippen LogP contribution in [0.2, 0.25) is 5.02 Å². The van der Waals surface area contributed by atoms with Crippen molar-refractivity contribution in [3.8, 4) is 5.75 Å². The molecule has 0 spiro atoms. The fourth-order valence-electron chi connectivity index (χ4n) is 3.88. The standard InChI is InChI=1S/C29H34ClN3O5S/c1-5-21(2)31-29(35)22(3)32(19-23-10-9-11-24(30)18-23)28(34)20-33(25-12-7-6-8-13-25)39(36,37)27-16-14-26(38-4)15-17-27/h6-18,21-22H,5,19-20H2,1-4H3,(H,31,35)/t21-,22-/m1/s1. The molecule has 0 bridgehead atoms. The lowest BCUT2D eigenvalue weighted by molar-refractivity contribution is -0.139. The number of rotatable bonds is 12. The number of amides is 2. The van der Waals surface area contributed by atoms with Crippen LogP contribution in [0.15, 0.2) is 83.8 Å². The second-order valence-corrected chi connectivity index (χ2v) is 11.5. The summed E-state index contributed by atoms with van der Waals surface area (Å²) in [4.78, 5) is 28.3. The number of nitrogens with one attached hydrogen (secondary N) is 1. The first-order valence-corrected chi connectivity index (χ1v) is 14.4. The van der Waals surface area contributed by atoms with Crippen LogP contribution < -0.4 is 14.4 Å². The van der Waals surface area contributed by atoms with Crippen LogP contribution in [0.4, 0.5) is 5.69 Å². The van der Waals surface area contributed by atoms with Crippen LogP contribution in [0.1, 0.15) is 32.8 Å². The summed E-state index contributed by atoms with van der Waals surface area (Å²) in [6, 6.07) is 20.4. The maximum Gasteiger partial charge on any atom is 0.264 e. The van der Waals surface area contributed by atoms with E-state index in [9.17, 15) is 18.0 Å². The molecule has 0 aliphatic heterocycles. The Bertz CT molecular complexity index is 1370. The fraction of sp³-hybridized carbons (Fsp3) is 0.310. The van der Waals surface area contributed by atoms with Crippen LogP contribution in [0.25, 0.3) is 0 Å². The number of halogens is 1.